The molecule has 0 atom stereocenters. The van der Waals surface area contributed by atoms with Crippen molar-refractivity contribution < 1.29 is 18.7 Å². The van der Waals surface area contributed by atoms with Crippen LogP contribution in [0.15, 0.2) is 59.6 Å². The van der Waals surface area contributed by atoms with Gasteiger partial charge in [0.2, 0.25) is 0 Å². The van der Waals surface area contributed by atoms with Crippen LogP contribution in [-0.2, 0) is 11.3 Å². The zero-order chi connectivity index (χ0) is 19.1. The van der Waals surface area contributed by atoms with Gasteiger partial charge in [0.1, 0.15) is 11.6 Å². The van der Waals surface area contributed by atoms with Crippen LogP contribution in [0.1, 0.15) is 22.8 Å². The maximum Gasteiger partial charge on any atom is 0.261 e. The van der Waals surface area contributed by atoms with E-state index >= 15 is 0 Å². The van der Waals surface area contributed by atoms with Gasteiger partial charge in [-0.3, -0.25) is 9.59 Å². The molecular formula is C20H19BrFNO3. The summed E-state index contributed by atoms with van der Waals surface area (Å²) in [6, 6.07) is 11.2. The van der Waals surface area contributed by atoms with Gasteiger partial charge in [0.05, 0.1) is 0 Å². The molecule has 0 spiro atoms. The van der Waals surface area contributed by atoms with Gasteiger partial charge in [-0.1, -0.05) is 34.1 Å². The predicted molar refractivity (Wildman–Crippen MR) is 102 cm³/mol. The number of benzene rings is 2. The van der Waals surface area contributed by atoms with Crippen molar-refractivity contribution in [1.29, 1.82) is 0 Å². The summed E-state index contributed by atoms with van der Waals surface area (Å²) < 4.78 is 20.2. The first-order valence-corrected chi connectivity index (χ1v) is 8.76. The summed E-state index contributed by atoms with van der Waals surface area (Å²) in [5, 5.41) is 0. The molecule has 0 fully saturated rings. The molecule has 0 saturated heterocycles. The molecular weight excluding hydrogens is 401 g/mol. The van der Waals surface area contributed by atoms with E-state index in [-0.39, 0.29) is 37.2 Å². The van der Waals surface area contributed by atoms with E-state index in [0.717, 1.165) is 4.47 Å². The Morgan fingerprint density at radius 1 is 1.27 bits per heavy atom. The summed E-state index contributed by atoms with van der Waals surface area (Å²) >= 11 is 3.30. The zero-order valence-corrected chi connectivity index (χ0v) is 16.0. The van der Waals surface area contributed by atoms with Crippen molar-refractivity contribution in [1.82, 2.24) is 4.90 Å². The van der Waals surface area contributed by atoms with E-state index in [9.17, 15) is 14.0 Å². The second-order valence-corrected chi connectivity index (χ2v) is 6.59. The Labute approximate surface area is 160 Å². The number of ether oxygens (including phenoxy) is 1. The van der Waals surface area contributed by atoms with Crippen molar-refractivity contribution in [3.63, 3.8) is 0 Å². The molecule has 0 bridgehead atoms. The quantitative estimate of drug-likeness (QED) is 0.470. The summed E-state index contributed by atoms with van der Waals surface area (Å²) in [7, 11) is 0. The summed E-state index contributed by atoms with van der Waals surface area (Å²) in [4.78, 5) is 25.3. The third-order valence-corrected chi connectivity index (χ3v) is 4.17. The Bertz CT molecular complexity index is 822. The predicted octanol–water partition coefficient (Wildman–Crippen LogP) is 4.38. The summed E-state index contributed by atoms with van der Waals surface area (Å²) in [5.74, 6) is -0.346. The average molecular weight is 420 g/mol. The molecule has 0 saturated carbocycles. The van der Waals surface area contributed by atoms with Crippen molar-refractivity contribution in [2.75, 3.05) is 13.2 Å². The first-order chi connectivity index (χ1) is 12.4. The second-order valence-electron chi connectivity index (χ2n) is 5.67. The van der Waals surface area contributed by atoms with E-state index in [2.05, 4.69) is 22.5 Å². The molecule has 0 N–H and O–H groups in total. The topological polar surface area (TPSA) is 46.6 Å². The smallest absolute Gasteiger partial charge is 0.261 e. The maximum absolute atomic E-state index is 14.0. The minimum Gasteiger partial charge on any atom is -0.484 e. The molecule has 6 heteroatoms. The van der Waals surface area contributed by atoms with Crippen LogP contribution in [0.2, 0.25) is 0 Å². The fraction of sp³-hybridized carbons (Fsp3) is 0.200. The number of hydrogen-bond donors (Lipinski definition) is 0. The number of halogens is 2. The van der Waals surface area contributed by atoms with Gasteiger partial charge in [0.15, 0.2) is 12.4 Å². The molecule has 0 aliphatic rings. The molecule has 0 radical (unpaired) electrons. The van der Waals surface area contributed by atoms with Crippen LogP contribution in [0, 0.1) is 5.82 Å². The number of carbonyl (C=O) groups excluding carboxylic acids is 2. The van der Waals surface area contributed by atoms with Gasteiger partial charge in [-0.05, 0) is 37.3 Å². The van der Waals surface area contributed by atoms with E-state index < -0.39 is 0 Å². The zero-order valence-electron chi connectivity index (χ0n) is 14.4. The van der Waals surface area contributed by atoms with Crippen molar-refractivity contribution in [2.45, 2.75) is 13.5 Å². The fourth-order valence-corrected chi connectivity index (χ4v) is 2.73. The van der Waals surface area contributed by atoms with Crippen LogP contribution < -0.4 is 4.74 Å². The Kier molecular flexibility index (Phi) is 7.09. The summed E-state index contributed by atoms with van der Waals surface area (Å²) in [5.41, 5.74) is 0.905. The molecule has 2 rings (SSSR count). The highest BCUT2D eigenvalue weighted by Crippen LogP contribution is 2.18. The minimum atomic E-state index is -0.384. The van der Waals surface area contributed by atoms with E-state index in [1.54, 1.807) is 42.5 Å². The highest BCUT2D eigenvalue weighted by molar-refractivity contribution is 9.10. The monoisotopic (exact) mass is 419 g/mol. The maximum atomic E-state index is 14.0. The van der Waals surface area contributed by atoms with E-state index in [1.807, 2.05) is 0 Å². The summed E-state index contributed by atoms with van der Waals surface area (Å²) in [6.07, 6.45) is 1.57. The van der Waals surface area contributed by atoms with E-state index in [4.69, 9.17) is 4.74 Å². The van der Waals surface area contributed by atoms with Crippen LogP contribution in [0.25, 0.3) is 0 Å². The van der Waals surface area contributed by atoms with Crippen molar-refractivity contribution in [3.05, 3.63) is 76.5 Å². The average Bonchev–Trinajstić information content (AvgIpc) is 2.62. The first-order valence-electron chi connectivity index (χ1n) is 7.97. The molecule has 0 heterocycles. The van der Waals surface area contributed by atoms with Crippen LogP contribution in [-0.4, -0.2) is 29.7 Å². The summed E-state index contributed by atoms with van der Waals surface area (Å²) in [6.45, 7) is 5.25. The molecule has 0 aliphatic carbocycles. The SMILES string of the molecule is C=CCN(Cc1cc(Br)ccc1F)C(=O)COc1cccc(C(C)=O)c1. The Balaban J connectivity index is 2.06. The lowest BCUT2D eigenvalue weighted by Gasteiger charge is -2.22. The molecule has 136 valence electrons. The number of amides is 1. The van der Waals surface area contributed by atoms with Crippen LogP contribution >= 0.6 is 15.9 Å². The lowest BCUT2D eigenvalue weighted by molar-refractivity contribution is -0.133. The second kappa shape index (κ2) is 9.29. The van der Waals surface area contributed by atoms with Gasteiger partial charge < -0.3 is 9.64 Å². The fourth-order valence-electron chi connectivity index (χ4n) is 2.32. The van der Waals surface area contributed by atoms with Crippen molar-refractivity contribution >= 4 is 27.6 Å². The van der Waals surface area contributed by atoms with Gasteiger partial charge in [-0.15, -0.1) is 6.58 Å². The molecule has 0 unspecified atom stereocenters. The molecule has 2 aromatic rings. The first kappa shape index (κ1) is 19.8. The third-order valence-electron chi connectivity index (χ3n) is 3.67. The Hall–Kier alpha value is -2.47. The highest BCUT2D eigenvalue weighted by Gasteiger charge is 2.16. The Morgan fingerprint density at radius 2 is 2.04 bits per heavy atom. The molecule has 0 aromatic heterocycles. The lowest BCUT2D eigenvalue weighted by atomic mass is 10.1. The van der Waals surface area contributed by atoms with Gasteiger partial charge in [-0.2, -0.15) is 0 Å². The molecule has 4 nitrogen and oxygen atoms in total. The van der Waals surface area contributed by atoms with Crippen molar-refractivity contribution in [2.24, 2.45) is 0 Å². The number of carbonyl (C=O) groups is 2. The largest absolute Gasteiger partial charge is 0.484 e. The molecule has 2 aromatic carbocycles. The number of ketones is 1. The Morgan fingerprint density at radius 3 is 2.73 bits per heavy atom. The van der Waals surface area contributed by atoms with Crippen LogP contribution in [0.5, 0.6) is 5.75 Å². The van der Waals surface area contributed by atoms with Gasteiger partial charge in [0, 0.05) is 28.7 Å². The van der Waals surface area contributed by atoms with Crippen molar-refractivity contribution in [3.8, 4) is 5.75 Å². The number of hydrogen-bond acceptors (Lipinski definition) is 3. The van der Waals surface area contributed by atoms with E-state index in [1.165, 1.54) is 17.9 Å². The number of rotatable bonds is 8. The third kappa shape index (κ3) is 5.52. The lowest BCUT2D eigenvalue weighted by Crippen LogP contribution is -2.35. The van der Waals surface area contributed by atoms with Gasteiger partial charge >= 0.3 is 0 Å². The molecule has 26 heavy (non-hydrogen) atoms. The minimum absolute atomic E-state index is 0.0832. The molecule has 1 amide bonds. The standard InChI is InChI=1S/C20H19BrFNO3/c1-3-9-23(12-16-10-17(21)7-8-19(16)22)20(25)13-26-18-6-4-5-15(11-18)14(2)24/h3-8,10-11H,1,9,12-13H2,2H3. The van der Waals surface area contributed by atoms with Gasteiger partial charge in [0.25, 0.3) is 5.91 Å². The molecule has 0 aliphatic heterocycles. The number of nitrogens with zero attached hydrogens (tertiary/aromatic N) is 1. The number of Topliss-reactive ketones (excluding diaryl/α,β-unsaturated/α-hetero) is 1. The van der Waals surface area contributed by atoms with Crippen LogP contribution in [0.3, 0.4) is 0 Å². The van der Waals surface area contributed by atoms with E-state index in [0.29, 0.717) is 16.9 Å². The normalized spacial score (nSPS) is 10.3. The van der Waals surface area contributed by atoms with Gasteiger partial charge in [-0.25, -0.2) is 4.39 Å². The highest BCUT2D eigenvalue weighted by atomic mass is 79.9. The van der Waals surface area contributed by atoms with Crippen LogP contribution in [0.4, 0.5) is 4.39 Å².